The topological polar surface area (TPSA) is 63.8 Å². The largest absolute Gasteiger partial charge is 0.394 e. The summed E-state index contributed by atoms with van der Waals surface area (Å²) in [6.07, 6.45) is 2.87. The molecule has 0 bridgehead atoms. The average molecular weight is 218 g/mol. The lowest BCUT2D eigenvalue weighted by Gasteiger charge is -2.08. The van der Waals surface area contributed by atoms with Gasteiger partial charge in [0, 0.05) is 5.69 Å². The van der Waals surface area contributed by atoms with Gasteiger partial charge in [0.15, 0.2) is 5.82 Å². The molecule has 1 aromatic heterocycles. The molecular formula is C11H11FN4. The van der Waals surface area contributed by atoms with Crippen LogP contribution in [0.3, 0.4) is 0 Å². The number of nitrogens with two attached hydrogens (primary N) is 1. The van der Waals surface area contributed by atoms with Gasteiger partial charge >= 0.3 is 0 Å². The van der Waals surface area contributed by atoms with Gasteiger partial charge in [0.05, 0.1) is 11.9 Å². The SMILES string of the molecule is Cc1cc(F)cc(Nc2ncncc2N)c1. The van der Waals surface area contributed by atoms with E-state index in [0.717, 1.165) is 5.56 Å². The first-order valence-electron chi connectivity index (χ1n) is 4.75. The molecule has 0 aliphatic rings. The molecule has 0 unspecified atom stereocenters. The number of benzene rings is 1. The molecule has 0 atom stereocenters. The number of aromatic nitrogens is 2. The highest BCUT2D eigenvalue weighted by molar-refractivity contribution is 5.67. The lowest BCUT2D eigenvalue weighted by Crippen LogP contribution is -2.00. The van der Waals surface area contributed by atoms with Crippen molar-refractivity contribution in [2.24, 2.45) is 0 Å². The van der Waals surface area contributed by atoms with E-state index < -0.39 is 0 Å². The highest BCUT2D eigenvalue weighted by atomic mass is 19.1. The number of rotatable bonds is 2. The van der Waals surface area contributed by atoms with Gasteiger partial charge in [-0.15, -0.1) is 0 Å². The fraction of sp³-hybridized carbons (Fsp3) is 0.0909. The Balaban J connectivity index is 2.30. The second-order valence-corrected chi connectivity index (χ2v) is 3.47. The summed E-state index contributed by atoms with van der Waals surface area (Å²) in [7, 11) is 0. The average Bonchev–Trinajstić information content (AvgIpc) is 2.20. The van der Waals surface area contributed by atoms with Gasteiger partial charge in [-0.3, -0.25) is 0 Å². The van der Waals surface area contributed by atoms with Gasteiger partial charge in [0.25, 0.3) is 0 Å². The number of aryl methyl sites for hydroxylation is 1. The first-order valence-corrected chi connectivity index (χ1v) is 4.75. The van der Waals surface area contributed by atoms with Crippen molar-refractivity contribution in [3.05, 3.63) is 42.1 Å². The Bertz CT molecular complexity index is 493. The maximum atomic E-state index is 13.1. The van der Waals surface area contributed by atoms with E-state index in [1.165, 1.54) is 24.7 Å². The van der Waals surface area contributed by atoms with Gasteiger partial charge in [0.1, 0.15) is 12.1 Å². The highest BCUT2D eigenvalue weighted by Crippen LogP contribution is 2.20. The normalized spacial score (nSPS) is 10.1. The molecule has 0 radical (unpaired) electrons. The molecule has 3 N–H and O–H groups in total. The van der Waals surface area contributed by atoms with E-state index in [9.17, 15) is 4.39 Å². The zero-order valence-electron chi connectivity index (χ0n) is 8.74. The van der Waals surface area contributed by atoms with Crippen LogP contribution in [0.5, 0.6) is 0 Å². The first-order chi connectivity index (χ1) is 7.65. The molecule has 2 aromatic rings. The number of nitrogens with one attached hydrogen (secondary N) is 1. The summed E-state index contributed by atoms with van der Waals surface area (Å²) >= 11 is 0. The van der Waals surface area contributed by atoms with Crippen molar-refractivity contribution in [1.82, 2.24) is 9.97 Å². The third-order valence-electron chi connectivity index (χ3n) is 2.05. The maximum absolute atomic E-state index is 13.1. The van der Waals surface area contributed by atoms with Gasteiger partial charge < -0.3 is 11.1 Å². The van der Waals surface area contributed by atoms with Crippen LogP contribution in [0.4, 0.5) is 21.6 Å². The van der Waals surface area contributed by atoms with Crippen LogP contribution < -0.4 is 11.1 Å². The minimum absolute atomic E-state index is 0.296. The summed E-state index contributed by atoms with van der Waals surface area (Å²) in [6, 6.07) is 4.65. The molecule has 4 nitrogen and oxygen atoms in total. The summed E-state index contributed by atoms with van der Waals surface area (Å²) in [4.78, 5) is 7.73. The smallest absolute Gasteiger partial charge is 0.157 e. The Labute approximate surface area is 92.3 Å². The minimum atomic E-state index is -0.296. The van der Waals surface area contributed by atoms with Crippen molar-refractivity contribution in [1.29, 1.82) is 0 Å². The molecular weight excluding hydrogens is 207 g/mol. The Morgan fingerprint density at radius 3 is 2.81 bits per heavy atom. The Morgan fingerprint density at radius 1 is 1.31 bits per heavy atom. The van der Waals surface area contributed by atoms with E-state index in [1.807, 2.05) is 13.0 Å². The van der Waals surface area contributed by atoms with Crippen LogP contribution >= 0.6 is 0 Å². The summed E-state index contributed by atoms with van der Waals surface area (Å²) in [6.45, 7) is 1.82. The van der Waals surface area contributed by atoms with Gasteiger partial charge in [-0.25, -0.2) is 14.4 Å². The second kappa shape index (κ2) is 4.14. The fourth-order valence-electron chi connectivity index (χ4n) is 1.39. The van der Waals surface area contributed by atoms with Crippen molar-refractivity contribution in [3.63, 3.8) is 0 Å². The molecule has 1 aromatic carbocycles. The number of nitrogen functional groups attached to an aromatic ring is 1. The standard InChI is InChI=1S/C11H11FN4/c1-7-2-8(12)4-9(3-7)16-11-10(13)5-14-6-15-11/h2-6H,13H2,1H3,(H,14,15,16). The Morgan fingerprint density at radius 2 is 2.12 bits per heavy atom. The molecule has 2 rings (SSSR count). The molecule has 0 spiro atoms. The molecule has 0 amide bonds. The van der Waals surface area contributed by atoms with Crippen molar-refractivity contribution >= 4 is 17.2 Å². The molecule has 0 saturated carbocycles. The van der Waals surface area contributed by atoms with Crippen molar-refractivity contribution in [2.45, 2.75) is 6.92 Å². The monoisotopic (exact) mass is 218 g/mol. The van der Waals surface area contributed by atoms with Crippen molar-refractivity contribution in [2.75, 3.05) is 11.1 Å². The quantitative estimate of drug-likeness (QED) is 0.811. The first kappa shape index (κ1) is 10.4. The summed E-state index contributed by atoms with van der Waals surface area (Å²) in [5.74, 6) is 0.176. The van der Waals surface area contributed by atoms with E-state index in [0.29, 0.717) is 17.2 Å². The number of nitrogens with zero attached hydrogens (tertiary/aromatic N) is 2. The van der Waals surface area contributed by atoms with E-state index >= 15 is 0 Å². The van der Waals surface area contributed by atoms with Crippen LogP contribution in [0.1, 0.15) is 5.56 Å². The minimum Gasteiger partial charge on any atom is -0.394 e. The van der Waals surface area contributed by atoms with Crippen LogP contribution in [0.15, 0.2) is 30.7 Å². The van der Waals surface area contributed by atoms with Crippen molar-refractivity contribution in [3.8, 4) is 0 Å². The van der Waals surface area contributed by atoms with Gasteiger partial charge in [-0.05, 0) is 30.7 Å². The van der Waals surface area contributed by atoms with Crippen molar-refractivity contribution < 1.29 is 4.39 Å². The molecule has 1 heterocycles. The van der Waals surface area contributed by atoms with E-state index in [4.69, 9.17) is 5.73 Å². The summed E-state index contributed by atoms with van der Waals surface area (Å²) in [5, 5.41) is 2.94. The maximum Gasteiger partial charge on any atom is 0.157 e. The Hall–Kier alpha value is -2.17. The zero-order chi connectivity index (χ0) is 11.5. The van der Waals surface area contributed by atoms with Crippen LogP contribution in [-0.4, -0.2) is 9.97 Å². The summed E-state index contributed by atoms with van der Waals surface area (Å²) < 4.78 is 13.1. The number of halogens is 1. The second-order valence-electron chi connectivity index (χ2n) is 3.47. The molecule has 0 fully saturated rings. The van der Waals surface area contributed by atoms with E-state index in [1.54, 1.807) is 0 Å². The van der Waals surface area contributed by atoms with Crippen LogP contribution in [-0.2, 0) is 0 Å². The lowest BCUT2D eigenvalue weighted by atomic mass is 10.2. The zero-order valence-corrected chi connectivity index (χ0v) is 8.74. The van der Waals surface area contributed by atoms with Gasteiger partial charge in [-0.1, -0.05) is 0 Å². The molecule has 0 aliphatic carbocycles. The molecule has 0 saturated heterocycles. The third kappa shape index (κ3) is 2.25. The number of hydrogen-bond donors (Lipinski definition) is 2. The highest BCUT2D eigenvalue weighted by Gasteiger charge is 2.02. The summed E-state index contributed by atoms with van der Waals surface area (Å²) in [5.41, 5.74) is 7.53. The molecule has 16 heavy (non-hydrogen) atoms. The van der Waals surface area contributed by atoms with E-state index in [2.05, 4.69) is 15.3 Å². The number of anilines is 3. The molecule has 82 valence electrons. The molecule has 0 aliphatic heterocycles. The van der Waals surface area contributed by atoms with E-state index in [-0.39, 0.29) is 5.82 Å². The van der Waals surface area contributed by atoms with Crippen LogP contribution in [0, 0.1) is 12.7 Å². The van der Waals surface area contributed by atoms with Crippen LogP contribution in [0.2, 0.25) is 0 Å². The predicted molar refractivity (Wildman–Crippen MR) is 60.9 cm³/mol. The number of hydrogen-bond acceptors (Lipinski definition) is 4. The van der Waals surface area contributed by atoms with Gasteiger partial charge in [-0.2, -0.15) is 0 Å². The predicted octanol–water partition coefficient (Wildman–Crippen LogP) is 2.25. The lowest BCUT2D eigenvalue weighted by molar-refractivity contribution is 0.627. The molecule has 5 heteroatoms. The van der Waals surface area contributed by atoms with Crippen LogP contribution in [0.25, 0.3) is 0 Å². The third-order valence-corrected chi connectivity index (χ3v) is 2.05. The fourth-order valence-corrected chi connectivity index (χ4v) is 1.39. The van der Waals surface area contributed by atoms with Gasteiger partial charge in [0.2, 0.25) is 0 Å². The Kier molecular flexibility index (Phi) is 2.68.